The number of hydrogen-bond donors (Lipinski definition) is 1. The number of halogens is 1. The van der Waals surface area contributed by atoms with Crippen LogP contribution >= 0.6 is 27.3 Å². The largest absolute Gasteiger partial charge is 0.508 e. The van der Waals surface area contributed by atoms with Gasteiger partial charge in [0.2, 0.25) is 0 Å². The first-order valence-electron chi connectivity index (χ1n) is 7.89. The molecule has 1 heterocycles. The van der Waals surface area contributed by atoms with E-state index in [0.717, 1.165) is 26.2 Å². The third-order valence-corrected chi connectivity index (χ3v) is 6.27. The molecule has 0 saturated heterocycles. The lowest BCUT2D eigenvalue weighted by molar-refractivity contribution is 0.306. The van der Waals surface area contributed by atoms with Crippen LogP contribution in [0, 0.1) is 0 Å². The van der Waals surface area contributed by atoms with Crippen LogP contribution in [0.5, 0.6) is 11.5 Å². The Balaban J connectivity index is 1.63. The molecule has 0 unspecified atom stereocenters. The number of rotatable bonds is 4. The van der Waals surface area contributed by atoms with Gasteiger partial charge in [-0.25, -0.2) is 0 Å². The Morgan fingerprint density at radius 3 is 2.44 bits per heavy atom. The van der Waals surface area contributed by atoms with Gasteiger partial charge in [0.15, 0.2) is 0 Å². The number of hydrogen-bond acceptors (Lipinski definition) is 3. The third kappa shape index (κ3) is 3.41. The Morgan fingerprint density at radius 1 is 0.920 bits per heavy atom. The predicted octanol–water partition coefficient (Wildman–Crippen LogP) is 6.62. The molecule has 25 heavy (non-hydrogen) atoms. The molecule has 0 saturated carbocycles. The van der Waals surface area contributed by atoms with Gasteiger partial charge >= 0.3 is 0 Å². The van der Waals surface area contributed by atoms with E-state index in [1.54, 1.807) is 23.5 Å². The first-order chi connectivity index (χ1) is 12.2. The summed E-state index contributed by atoms with van der Waals surface area (Å²) in [5.41, 5.74) is 2.23. The van der Waals surface area contributed by atoms with E-state index in [4.69, 9.17) is 4.74 Å². The fourth-order valence-electron chi connectivity index (χ4n) is 2.67. The molecule has 0 fully saturated rings. The lowest BCUT2D eigenvalue weighted by Gasteiger charge is -2.06. The molecule has 0 radical (unpaired) electrons. The fraction of sp³-hybridized carbons (Fsp3) is 0.0476. The van der Waals surface area contributed by atoms with Gasteiger partial charge in [-0.05, 0) is 69.5 Å². The molecule has 4 aromatic rings. The van der Waals surface area contributed by atoms with Crippen LogP contribution < -0.4 is 4.74 Å². The third-order valence-electron chi connectivity index (χ3n) is 3.98. The highest BCUT2D eigenvalue weighted by atomic mass is 79.9. The van der Waals surface area contributed by atoms with Gasteiger partial charge in [-0.2, -0.15) is 0 Å². The van der Waals surface area contributed by atoms with E-state index in [1.165, 1.54) is 10.1 Å². The lowest BCUT2D eigenvalue weighted by Crippen LogP contribution is -1.94. The number of phenols is 1. The maximum Gasteiger partial charge on any atom is 0.121 e. The predicted molar refractivity (Wildman–Crippen MR) is 107 cm³/mol. The standard InChI is InChI=1S/C21H15BrO2S/c22-20-18-11-10-17(24-13-14-4-2-1-3-5-14)12-19(18)25-21(20)15-6-8-16(23)9-7-15/h1-12,23H,13H2. The molecule has 1 aromatic heterocycles. The number of benzene rings is 3. The molecular weight excluding hydrogens is 396 g/mol. The van der Waals surface area contributed by atoms with E-state index >= 15 is 0 Å². The second kappa shape index (κ2) is 6.90. The average molecular weight is 411 g/mol. The van der Waals surface area contributed by atoms with E-state index in [2.05, 4.69) is 40.2 Å². The molecule has 3 aromatic carbocycles. The highest BCUT2D eigenvalue weighted by Gasteiger charge is 2.12. The van der Waals surface area contributed by atoms with Crippen molar-refractivity contribution in [2.45, 2.75) is 6.61 Å². The molecule has 0 aliphatic rings. The Hall–Kier alpha value is -2.30. The van der Waals surface area contributed by atoms with E-state index < -0.39 is 0 Å². The van der Waals surface area contributed by atoms with Crippen LogP contribution in [-0.4, -0.2) is 5.11 Å². The number of thiophene rings is 1. The molecular formula is C21H15BrO2S. The number of ether oxygens (including phenoxy) is 1. The van der Waals surface area contributed by atoms with Crippen molar-refractivity contribution in [3.63, 3.8) is 0 Å². The molecule has 0 amide bonds. The van der Waals surface area contributed by atoms with Crippen molar-refractivity contribution in [1.29, 1.82) is 0 Å². The molecule has 1 N–H and O–H groups in total. The first-order valence-corrected chi connectivity index (χ1v) is 9.50. The van der Waals surface area contributed by atoms with E-state index in [1.807, 2.05) is 36.4 Å². The Labute approximate surface area is 158 Å². The summed E-state index contributed by atoms with van der Waals surface area (Å²) in [6.07, 6.45) is 0. The van der Waals surface area contributed by atoms with Gasteiger partial charge in [-0.1, -0.05) is 30.3 Å². The molecule has 2 nitrogen and oxygen atoms in total. The number of fused-ring (bicyclic) bond motifs is 1. The van der Waals surface area contributed by atoms with Crippen molar-refractivity contribution in [2.75, 3.05) is 0 Å². The molecule has 0 spiro atoms. The zero-order valence-corrected chi connectivity index (χ0v) is 15.7. The maximum absolute atomic E-state index is 9.48. The second-order valence-electron chi connectivity index (χ2n) is 5.72. The normalized spacial score (nSPS) is 10.9. The van der Waals surface area contributed by atoms with Crippen LogP contribution in [0.1, 0.15) is 5.56 Å². The minimum Gasteiger partial charge on any atom is -0.508 e. The fourth-order valence-corrected chi connectivity index (χ4v) is 4.75. The highest BCUT2D eigenvalue weighted by Crippen LogP contribution is 2.43. The Bertz CT molecular complexity index is 1010. The Morgan fingerprint density at radius 2 is 1.68 bits per heavy atom. The molecule has 0 aliphatic heterocycles. The van der Waals surface area contributed by atoms with Crippen molar-refractivity contribution in [3.8, 4) is 21.9 Å². The maximum atomic E-state index is 9.48. The summed E-state index contributed by atoms with van der Waals surface area (Å²) >= 11 is 5.42. The minimum atomic E-state index is 0.276. The van der Waals surface area contributed by atoms with Gasteiger partial charge in [-0.3, -0.25) is 0 Å². The topological polar surface area (TPSA) is 29.5 Å². The minimum absolute atomic E-state index is 0.276. The van der Waals surface area contributed by atoms with E-state index in [-0.39, 0.29) is 5.75 Å². The first kappa shape index (κ1) is 16.2. The molecule has 0 aliphatic carbocycles. The van der Waals surface area contributed by atoms with E-state index in [9.17, 15) is 5.11 Å². The van der Waals surface area contributed by atoms with Crippen LogP contribution in [0.2, 0.25) is 0 Å². The summed E-state index contributed by atoms with van der Waals surface area (Å²) in [4.78, 5) is 1.15. The van der Waals surface area contributed by atoms with Gasteiger partial charge in [0.1, 0.15) is 18.1 Å². The summed E-state index contributed by atoms with van der Waals surface area (Å²) < 4.78 is 8.17. The van der Waals surface area contributed by atoms with Gasteiger partial charge in [0.05, 0.1) is 0 Å². The lowest BCUT2D eigenvalue weighted by atomic mass is 10.1. The summed E-state index contributed by atoms with van der Waals surface area (Å²) in [5.74, 6) is 1.14. The monoisotopic (exact) mass is 410 g/mol. The molecule has 0 bridgehead atoms. The van der Waals surface area contributed by atoms with Gasteiger partial charge < -0.3 is 9.84 Å². The van der Waals surface area contributed by atoms with Gasteiger partial charge in [-0.15, -0.1) is 11.3 Å². The van der Waals surface area contributed by atoms with Crippen LogP contribution in [0.3, 0.4) is 0 Å². The van der Waals surface area contributed by atoms with Crippen LogP contribution in [0.15, 0.2) is 77.3 Å². The quantitative estimate of drug-likeness (QED) is 0.409. The molecule has 0 atom stereocenters. The SMILES string of the molecule is Oc1ccc(-c2sc3cc(OCc4ccccc4)ccc3c2Br)cc1. The summed E-state index contributed by atoms with van der Waals surface area (Å²) in [6, 6.07) is 23.6. The van der Waals surface area contributed by atoms with Crippen LogP contribution in [-0.2, 0) is 6.61 Å². The zero-order valence-electron chi connectivity index (χ0n) is 13.3. The van der Waals surface area contributed by atoms with Crippen molar-refractivity contribution in [1.82, 2.24) is 0 Å². The number of phenolic OH excluding ortho intramolecular Hbond substituents is 1. The van der Waals surface area contributed by atoms with Crippen LogP contribution in [0.25, 0.3) is 20.5 Å². The highest BCUT2D eigenvalue weighted by molar-refractivity contribution is 9.10. The van der Waals surface area contributed by atoms with Crippen molar-refractivity contribution in [2.24, 2.45) is 0 Å². The van der Waals surface area contributed by atoms with E-state index in [0.29, 0.717) is 6.61 Å². The van der Waals surface area contributed by atoms with Crippen LogP contribution in [0.4, 0.5) is 0 Å². The summed E-state index contributed by atoms with van der Waals surface area (Å²) in [5, 5.41) is 10.6. The van der Waals surface area contributed by atoms with Crippen molar-refractivity contribution in [3.05, 3.63) is 82.8 Å². The molecule has 124 valence electrons. The average Bonchev–Trinajstić information content (AvgIpc) is 2.98. The molecule has 4 rings (SSSR count). The Kier molecular flexibility index (Phi) is 4.47. The smallest absolute Gasteiger partial charge is 0.121 e. The summed E-state index contributed by atoms with van der Waals surface area (Å²) in [6.45, 7) is 0.559. The summed E-state index contributed by atoms with van der Waals surface area (Å²) in [7, 11) is 0. The number of aromatic hydroxyl groups is 1. The van der Waals surface area contributed by atoms with Crippen molar-refractivity contribution < 1.29 is 9.84 Å². The van der Waals surface area contributed by atoms with Gasteiger partial charge in [0.25, 0.3) is 0 Å². The van der Waals surface area contributed by atoms with Crippen molar-refractivity contribution >= 4 is 37.4 Å². The second-order valence-corrected chi connectivity index (χ2v) is 7.57. The molecule has 4 heteroatoms. The zero-order chi connectivity index (χ0) is 17.2. The van der Waals surface area contributed by atoms with Gasteiger partial charge in [0, 0.05) is 19.4 Å².